The van der Waals surface area contributed by atoms with Crippen LogP contribution in [0, 0.1) is 0 Å². The molecule has 0 atom stereocenters. The van der Waals surface area contributed by atoms with Gasteiger partial charge in [-0.2, -0.15) is 0 Å². The Labute approximate surface area is 95.7 Å². The minimum absolute atomic E-state index is 0. The number of benzene rings is 1. The summed E-state index contributed by atoms with van der Waals surface area (Å²) in [7, 11) is 1.67. The molecule has 0 unspecified atom stereocenters. The molecule has 0 spiro atoms. The van der Waals surface area contributed by atoms with Crippen LogP contribution in [0.2, 0.25) is 0 Å². The number of rotatable bonds is 3. The standard InChI is InChI=1S/C10H12O.Na/c1-3-4-9-5-7-10(11-2)8-6-9;/h3,5-8H,1,4H2,2H3;. The van der Waals surface area contributed by atoms with Gasteiger partial charge in [0.2, 0.25) is 0 Å². The molecular formula is C10H12NaO. The minimum Gasteiger partial charge on any atom is -0.497 e. The molecule has 0 aromatic heterocycles. The predicted octanol–water partition coefficient (Wildman–Crippen LogP) is 2.04. The van der Waals surface area contributed by atoms with Crippen molar-refractivity contribution in [3.8, 4) is 5.75 Å². The maximum atomic E-state index is 5.02. The van der Waals surface area contributed by atoms with Crippen LogP contribution in [-0.2, 0) is 6.42 Å². The zero-order valence-corrected chi connectivity index (χ0v) is 9.71. The Hall–Kier alpha value is -0.240. The molecule has 0 aliphatic heterocycles. The van der Waals surface area contributed by atoms with Crippen LogP contribution < -0.4 is 4.74 Å². The van der Waals surface area contributed by atoms with Crippen molar-refractivity contribution in [2.45, 2.75) is 6.42 Å². The van der Waals surface area contributed by atoms with Crippen LogP contribution in [0.25, 0.3) is 0 Å². The first-order valence-corrected chi connectivity index (χ1v) is 3.60. The Morgan fingerprint density at radius 3 is 2.33 bits per heavy atom. The van der Waals surface area contributed by atoms with E-state index in [-0.39, 0.29) is 29.6 Å². The van der Waals surface area contributed by atoms with E-state index in [1.54, 1.807) is 7.11 Å². The van der Waals surface area contributed by atoms with Gasteiger partial charge in [-0.05, 0) is 24.1 Å². The summed E-state index contributed by atoms with van der Waals surface area (Å²) in [4.78, 5) is 0. The molecular weight excluding hydrogens is 159 g/mol. The van der Waals surface area contributed by atoms with E-state index >= 15 is 0 Å². The van der Waals surface area contributed by atoms with Crippen LogP contribution >= 0.6 is 0 Å². The summed E-state index contributed by atoms with van der Waals surface area (Å²) in [5.41, 5.74) is 1.26. The Morgan fingerprint density at radius 2 is 1.92 bits per heavy atom. The topological polar surface area (TPSA) is 9.23 Å². The molecule has 1 aromatic carbocycles. The molecule has 0 N–H and O–H groups in total. The third kappa shape index (κ3) is 3.44. The molecule has 0 amide bonds. The largest absolute Gasteiger partial charge is 0.497 e. The summed E-state index contributed by atoms with van der Waals surface area (Å²) >= 11 is 0. The zero-order valence-electron chi connectivity index (χ0n) is 7.71. The van der Waals surface area contributed by atoms with Gasteiger partial charge in [-0.15, -0.1) is 6.58 Å². The van der Waals surface area contributed by atoms with Gasteiger partial charge in [0.05, 0.1) is 7.11 Å². The number of hydrogen-bond donors (Lipinski definition) is 0. The van der Waals surface area contributed by atoms with Crippen LogP contribution in [0.1, 0.15) is 5.56 Å². The summed E-state index contributed by atoms with van der Waals surface area (Å²) in [5, 5.41) is 0. The smallest absolute Gasteiger partial charge is 0.118 e. The van der Waals surface area contributed by atoms with Gasteiger partial charge in [-0.25, -0.2) is 0 Å². The molecule has 0 heterocycles. The molecule has 0 bridgehead atoms. The molecule has 1 aromatic rings. The molecule has 0 fully saturated rings. The van der Waals surface area contributed by atoms with E-state index in [1.165, 1.54) is 5.56 Å². The Balaban J connectivity index is 0.00000121. The van der Waals surface area contributed by atoms with Crippen LogP contribution in [0.4, 0.5) is 0 Å². The second kappa shape index (κ2) is 6.30. The van der Waals surface area contributed by atoms with E-state index in [0.717, 1.165) is 12.2 Å². The van der Waals surface area contributed by atoms with Gasteiger partial charge in [0.15, 0.2) is 0 Å². The van der Waals surface area contributed by atoms with Crippen LogP contribution in [0.15, 0.2) is 36.9 Å². The molecule has 59 valence electrons. The van der Waals surface area contributed by atoms with Crippen molar-refractivity contribution in [1.29, 1.82) is 0 Å². The van der Waals surface area contributed by atoms with Crippen molar-refractivity contribution in [1.82, 2.24) is 0 Å². The quantitative estimate of drug-likeness (QED) is 0.499. The first kappa shape index (κ1) is 11.8. The molecule has 1 nitrogen and oxygen atoms in total. The van der Waals surface area contributed by atoms with Gasteiger partial charge in [-0.1, -0.05) is 18.2 Å². The van der Waals surface area contributed by atoms with Gasteiger partial charge >= 0.3 is 0 Å². The molecule has 1 rings (SSSR count). The third-order valence-corrected chi connectivity index (χ3v) is 1.54. The molecule has 0 saturated carbocycles. The summed E-state index contributed by atoms with van der Waals surface area (Å²) in [6.45, 7) is 3.67. The average Bonchev–Trinajstić information content (AvgIpc) is 2.07. The number of hydrogen-bond acceptors (Lipinski definition) is 1. The maximum Gasteiger partial charge on any atom is 0.118 e. The first-order chi connectivity index (χ1) is 5.36. The SMILES string of the molecule is C=CCc1ccc(OC)cc1.[Na]. The van der Waals surface area contributed by atoms with Gasteiger partial charge in [0.25, 0.3) is 0 Å². The number of allylic oxidation sites excluding steroid dienone is 1. The predicted molar refractivity (Wildman–Crippen MR) is 52.6 cm³/mol. The van der Waals surface area contributed by atoms with Gasteiger partial charge in [-0.3, -0.25) is 0 Å². The molecule has 2 heteroatoms. The summed E-state index contributed by atoms with van der Waals surface area (Å²) in [6, 6.07) is 8.00. The number of methoxy groups -OCH3 is 1. The van der Waals surface area contributed by atoms with Crippen LogP contribution in [0.5, 0.6) is 5.75 Å². The Bertz CT molecular complexity index is 228. The van der Waals surface area contributed by atoms with Crippen LogP contribution in [-0.4, -0.2) is 36.7 Å². The fourth-order valence-corrected chi connectivity index (χ4v) is 0.928. The third-order valence-electron chi connectivity index (χ3n) is 1.54. The molecule has 0 aliphatic carbocycles. The van der Waals surface area contributed by atoms with Crippen LogP contribution in [0.3, 0.4) is 0 Å². The maximum absolute atomic E-state index is 5.02. The Kier molecular flexibility index (Phi) is 6.17. The van der Waals surface area contributed by atoms with E-state index < -0.39 is 0 Å². The fourth-order valence-electron chi connectivity index (χ4n) is 0.928. The second-order valence-corrected chi connectivity index (χ2v) is 2.34. The number of ether oxygens (including phenoxy) is 1. The summed E-state index contributed by atoms with van der Waals surface area (Å²) in [6.07, 6.45) is 2.81. The van der Waals surface area contributed by atoms with Gasteiger partial charge in [0.1, 0.15) is 5.75 Å². The van der Waals surface area contributed by atoms with Crippen molar-refractivity contribution in [2.75, 3.05) is 7.11 Å². The molecule has 0 saturated heterocycles. The summed E-state index contributed by atoms with van der Waals surface area (Å²) < 4.78 is 5.02. The normalized spacial score (nSPS) is 8.42. The van der Waals surface area contributed by atoms with E-state index in [0.29, 0.717) is 0 Å². The van der Waals surface area contributed by atoms with E-state index in [2.05, 4.69) is 6.58 Å². The fraction of sp³-hybridized carbons (Fsp3) is 0.200. The Morgan fingerprint density at radius 1 is 1.33 bits per heavy atom. The van der Waals surface area contributed by atoms with E-state index in [9.17, 15) is 0 Å². The molecule has 0 aliphatic rings. The minimum atomic E-state index is 0. The first-order valence-electron chi connectivity index (χ1n) is 3.60. The van der Waals surface area contributed by atoms with E-state index in [4.69, 9.17) is 4.74 Å². The van der Waals surface area contributed by atoms with Crippen molar-refractivity contribution < 1.29 is 4.74 Å². The van der Waals surface area contributed by atoms with Gasteiger partial charge < -0.3 is 4.74 Å². The average molecular weight is 171 g/mol. The monoisotopic (exact) mass is 171 g/mol. The van der Waals surface area contributed by atoms with E-state index in [1.807, 2.05) is 30.3 Å². The molecule has 1 radical (unpaired) electrons. The zero-order chi connectivity index (χ0) is 8.10. The van der Waals surface area contributed by atoms with Crippen molar-refractivity contribution >= 4 is 29.6 Å². The van der Waals surface area contributed by atoms with Crippen molar-refractivity contribution in [2.24, 2.45) is 0 Å². The summed E-state index contributed by atoms with van der Waals surface area (Å²) in [5.74, 6) is 0.901. The van der Waals surface area contributed by atoms with Crippen molar-refractivity contribution in [3.05, 3.63) is 42.5 Å². The van der Waals surface area contributed by atoms with Gasteiger partial charge in [0, 0.05) is 29.6 Å². The molecule has 12 heavy (non-hydrogen) atoms. The van der Waals surface area contributed by atoms with Crippen molar-refractivity contribution in [3.63, 3.8) is 0 Å². The second-order valence-electron chi connectivity index (χ2n) is 2.34.